The van der Waals surface area contributed by atoms with Crippen LogP contribution >= 0.6 is 24.0 Å². The molecule has 0 saturated heterocycles. The zero-order valence-corrected chi connectivity index (χ0v) is 17.3. The van der Waals surface area contributed by atoms with Crippen LogP contribution in [0.2, 0.25) is 0 Å². The second-order valence-corrected chi connectivity index (χ2v) is 7.40. The Balaban J connectivity index is 0.00000484. The first-order valence-electron chi connectivity index (χ1n) is 8.61. The lowest BCUT2D eigenvalue weighted by Gasteiger charge is -2.07. The first kappa shape index (κ1) is 22.9. The van der Waals surface area contributed by atoms with E-state index in [1.807, 2.05) is 6.07 Å². The van der Waals surface area contributed by atoms with E-state index in [9.17, 15) is 13.0 Å². The van der Waals surface area contributed by atoms with E-state index in [-0.39, 0.29) is 28.9 Å². The van der Waals surface area contributed by atoms with E-state index in [0.717, 1.165) is 18.4 Å². The van der Waals surface area contributed by atoms with Crippen molar-refractivity contribution >= 4 is 34.1 Å². The predicted molar refractivity (Wildman–Crippen MR) is 107 cm³/mol. The van der Waals surface area contributed by atoms with Crippen molar-refractivity contribution in [3.8, 4) is 0 Å². The Hall–Kier alpha value is -0.140. The van der Waals surface area contributed by atoms with E-state index in [1.165, 1.54) is 57.4 Å². The van der Waals surface area contributed by atoms with Crippen LogP contribution in [0, 0.1) is 0 Å². The first-order valence-corrected chi connectivity index (χ1v) is 10.0. The molecule has 1 aromatic carbocycles. The maximum atomic E-state index is 11.3. The average molecular weight is 454 g/mol. The molecule has 1 N–H and O–H groups in total. The number of hydrogen-bond acceptors (Lipinski definition) is 2. The lowest BCUT2D eigenvalue weighted by Crippen LogP contribution is -2.03. The molecule has 5 heteroatoms. The van der Waals surface area contributed by atoms with Crippen molar-refractivity contribution in [1.82, 2.24) is 0 Å². The molecule has 0 spiro atoms. The Bertz CT molecular complexity index is 515. The minimum atomic E-state index is -4.10. The quantitative estimate of drug-likeness (QED) is 0.239. The van der Waals surface area contributed by atoms with Gasteiger partial charge in [0.1, 0.15) is 0 Å². The van der Waals surface area contributed by atoms with Gasteiger partial charge < -0.3 is 0 Å². The van der Waals surface area contributed by atoms with Gasteiger partial charge in [-0.25, -0.2) is 0 Å². The Morgan fingerprint density at radius 2 is 1.30 bits per heavy atom. The number of benzene rings is 1. The second kappa shape index (κ2) is 13.2. The fourth-order valence-electron chi connectivity index (χ4n) is 2.76. The Morgan fingerprint density at radius 1 is 0.826 bits per heavy atom. The predicted octanol–water partition coefficient (Wildman–Crippen LogP) is 6.01. The molecule has 1 aromatic rings. The topological polar surface area (TPSA) is 54.4 Å². The summed E-state index contributed by atoms with van der Waals surface area (Å²) in [6.07, 6.45) is 13.3. The minimum absolute atomic E-state index is 0. The fraction of sp³-hybridized carbons (Fsp3) is 0.667. The minimum Gasteiger partial charge on any atom is -0.282 e. The van der Waals surface area contributed by atoms with Gasteiger partial charge >= 0.3 is 0 Å². The van der Waals surface area contributed by atoms with Crippen LogP contribution in [0.15, 0.2) is 29.2 Å². The van der Waals surface area contributed by atoms with Gasteiger partial charge in [0.2, 0.25) is 0 Å². The molecule has 0 unspecified atom stereocenters. The van der Waals surface area contributed by atoms with Gasteiger partial charge in [-0.3, -0.25) is 4.55 Å². The average Bonchev–Trinajstić information content (AvgIpc) is 2.48. The summed E-state index contributed by atoms with van der Waals surface area (Å²) in [7, 11) is -4.10. The van der Waals surface area contributed by atoms with Gasteiger partial charge in [-0.05, 0) is 24.5 Å². The van der Waals surface area contributed by atoms with Crippen molar-refractivity contribution in [3.05, 3.63) is 29.8 Å². The summed E-state index contributed by atoms with van der Waals surface area (Å²) in [5, 5.41) is 0. The zero-order valence-electron chi connectivity index (χ0n) is 14.2. The number of aryl methyl sites for hydroxylation is 1. The Morgan fingerprint density at radius 3 is 1.83 bits per heavy atom. The second-order valence-electron chi connectivity index (χ2n) is 6.01. The van der Waals surface area contributed by atoms with E-state index in [4.69, 9.17) is 0 Å². The summed E-state index contributed by atoms with van der Waals surface area (Å²) in [5.74, 6) is 0. The smallest absolute Gasteiger partial charge is 0.282 e. The summed E-state index contributed by atoms with van der Waals surface area (Å²) in [4.78, 5) is 0.0610. The molecule has 0 atom stereocenters. The van der Waals surface area contributed by atoms with Crippen molar-refractivity contribution in [2.75, 3.05) is 0 Å². The van der Waals surface area contributed by atoms with Gasteiger partial charge in [0, 0.05) is 0 Å². The summed E-state index contributed by atoms with van der Waals surface area (Å²) in [6, 6.07) is 6.73. The van der Waals surface area contributed by atoms with Gasteiger partial charge in [0.25, 0.3) is 10.1 Å². The van der Waals surface area contributed by atoms with E-state index in [2.05, 4.69) is 6.92 Å². The van der Waals surface area contributed by atoms with Crippen LogP contribution in [0.4, 0.5) is 0 Å². The first-order chi connectivity index (χ1) is 10.6. The maximum Gasteiger partial charge on any atom is 0.294 e. The summed E-state index contributed by atoms with van der Waals surface area (Å²) in [5.41, 5.74) is 0.726. The van der Waals surface area contributed by atoms with Gasteiger partial charge in [-0.1, -0.05) is 82.9 Å². The van der Waals surface area contributed by atoms with Crippen molar-refractivity contribution in [2.24, 2.45) is 0 Å². The molecule has 0 aromatic heterocycles. The maximum absolute atomic E-state index is 11.3. The summed E-state index contributed by atoms with van der Waals surface area (Å²) in [6.45, 7) is 2.24. The number of halogens is 1. The van der Waals surface area contributed by atoms with Gasteiger partial charge in [-0.2, -0.15) is 8.42 Å². The standard InChI is InChI=1S/C18H30O3S.HI/c1-2-3-4-5-6-7-8-9-10-11-14-17-15-12-13-16-18(17)22(19,20)21;/h12-13,15-16H,2-11,14H2,1H3,(H,19,20,21);1H. The molecule has 0 aliphatic rings. The Kier molecular flexibility index (Phi) is 13.1. The van der Waals surface area contributed by atoms with Gasteiger partial charge in [0.05, 0.1) is 4.90 Å². The van der Waals surface area contributed by atoms with Crippen molar-refractivity contribution in [3.63, 3.8) is 0 Å². The summed E-state index contributed by atoms with van der Waals surface area (Å²) >= 11 is 0. The number of hydrogen-bond donors (Lipinski definition) is 1. The molecule has 0 bridgehead atoms. The monoisotopic (exact) mass is 454 g/mol. The molecule has 0 saturated carbocycles. The van der Waals surface area contributed by atoms with Crippen LogP contribution in [-0.4, -0.2) is 13.0 Å². The molecule has 0 aliphatic heterocycles. The van der Waals surface area contributed by atoms with E-state index < -0.39 is 10.1 Å². The molecule has 0 radical (unpaired) electrons. The van der Waals surface area contributed by atoms with Crippen LogP contribution in [0.3, 0.4) is 0 Å². The third kappa shape index (κ3) is 10.4. The molecule has 0 heterocycles. The third-order valence-electron chi connectivity index (χ3n) is 4.05. The van der Waals surface area contributed by atoms with E-state index >= 15 is 0 Å². The molecule has 1 rings (SSSR count). The van der Waals surface area contributed by atoms with Crippen LogP contribution in [0.25, 0.3) is 0 Å². The molecule has 0 fully saturated rings. The molecule has 23 heavy (non-hydrogen) atoms. The molecular formula is C18H31IO3S. The molecule has 0 amide bonds. The largest absolute Gasteiger partial charge is 0.294 e. The van der Waals surface area contributed by atoms with Crippen molar-refractivity contribution in [1.29, 1.82) is 0 Å². The zero-order chi connectivity index (χ0) is 16.3. The molecular weight excluding hydrogens is 423 g/mol. The fourth-order valence-corrected chi connectivity index (χ4v) is 3.52. The lowest BCUT2D eigenvalue weighted by molar-refractivity contribution is 0.481. The highest BCUT2D eigenvalue weighted by Gasteiger charge is 2.13. The van der Waals surface area contributed by atoms with Crippen LogP contribution in [0.1, 0.15) is 76.7 Å². The lowest BCUT2D eigenvalue weighted by atomic mass is 10.0. The number of unbranched alkanes of at least 4 members (excludes halogenated alkanes) is 9. The number of rotatable bonds is 12. The highest BCUT2D eigenvalue weighted by atomic mass is 127. The summed E-state index contributed by atoms with van der Waals surface area (Å²) < 4.78 is 31.8. The SMILES string of the molecule is CCCCCCCCCCCCc1ccccc1S(=O)(=O)O.I. The van der Waals surface area contributed by atoms with E-state index in [0.29, 0.717) is 6.42 Å². The molecule has 0 aliphatic carbocycles. The van der Waals surface area contributed by atoms with Gasteiger partial charge in [0.15, 0.2) is 0 Å². The van der Waals surface area contributed by atoms with Crippen LogP contribution < -0.4 is 0 Å². The Labute approximate surface area is 159 Å². The van der Waals surface area contributed by atoms with Crippen LogP contribution in [0.5, 0.6) is 0 Å². The highest BCUT2D eigenvalue weighted by Crippen LogP contribution is 2.18. The molecule has 134 valence electrons. The van der Waals surface area contributed by atoms with Gasteiger partial charge in [-0.15, -0.1) is 24.0 Å². The van der Waals surface area contributed by atoms with Crippen molar-refractivity contribution < 1.29 is 13.0 Å². The van der Waals surface area contributed by atoms with Crippen LogP contribution in [-0.2, 0) is 16.5 Å². The third-order valence-corrected chi connectivity index (χ3v) is 5.00. The van der Waals surface area contributed by atoms with Crippen molar-refractivity contribution in [2.45, 2.75) is 82.4 Å². The van der Waals surface area contributed by atoms with E-state index in [1.54, 1.807) is 12.1 Å². The normalized spacial score (nSPS) is 11.2. The molecule has 3 nitrogen and oxygen atoms in total. The highest BCUT2D eigenvalue weighted by molar-refractivity contribution is 14.0.